The van der Waals surface area contributed by atoms with Crippen molar-refractivity contribution in [2.24, 2.45) is 11.7 Å². The fourth-order valence-electron chi connectivity index (χ4n) is 2.67. The lowest BCUT2D eigenvalue weighted by Crippen LogP contribution is -1.98. The molecule has 3 nitrogen and oxygen atoms in total. The van der Waals surface area contributed by atoms with Gasteiger partial charge in [0.2, 0.25) is 0 Å². The Morgan fingerprint density at radius 2 is 1.82 bits per heavy atom. The maximum Gasteiger partial charge on any atom is 0.163 e. The van der Waals surface area contributed by atoms with Gasteiger partial charge in [-0.15, -0.1) is 0 Å². The zero-order valence-electron chi connectivity index (χ0n) is 14.9. The Morgan fingerprint density at radius 1 is 1.23 bits per heavy atom. The van der Waals surface area contributed by atoms with Gasteiger partial charge in [-0.2, -0.15) is 0 Å². The van der Waals surface area contributed by atoms with Crippen LogP contribution in [0, 0.1) is 5.92 Å². The normalized spacial score (nSPS) is 13.5. The summed E-state index contributed by atoms with van der Waals surface area (Å²) in [4.78, 5) is 11.1. The Kier molecular flexibility index (Phi) is 11.5. The van der Waals surface area contributed by atoms with Crippen LogP contribution in [0.5, 0.6) is 5.75 Å². The van der Waals surface area contributed by atoms with Gasteiger partial charge in [-0.3, -0.25) is 4.79 Å². The summed E-state index contributed by atoms with van der Waals surface area (Å²) in [6, 6.07) is 5.69. The van der Waals surface area contributed by atoms with Crippen LogP contribution in [0.3, 0.4) is 0 Å². The van der Waals surface area contributed by atoms with Crippen LogP contribution < -0.4 is 10.5 Å². The number of ketones is 1. The minimum absolute atomic E-state index is 0.0412. The summed E-state index contributed by atoms with van der Waals surface area (Å²) in [7, 11) is 3.08. The van der Waals surface area contributed by atoms with Crippen molar-refractivity contribution in [2.75, 3.05) is 14.2 Å². The molecule has 0 bridgehead atoms. The molecule has 22 heavy (non-hydrogen) atoms. The Balaban J connectivity index is 0.000000412. The Hall–Kier alpha value is -1.35. The zero-order chi connectivity index (χ0) is 17.0. The molecule has 1 fully saturated rings. The van der Waals surface area contributed by atoms with E-state index in [1.54, 1.807) is 14.0 Å². The first-order valence-corrected chi connectivity index (χ1v) is 8.37. The number of rotatable bonds is 4. The van der Waals surface area contributed by atoms with Gasteiger partial charge >= 0.3 is 0 Å². The van der Waals surface area contributed by atoms with E-state index >= 15 is 0 Å². The first-order chi connectivity index (χ1) is 10.6. The second-order valence-corrected chi connectivity index (χ2v) is 5.50. The Morgan fingerprint density at radius 3 is 2.18 bits per heavy atom. The first-order valence-electron chi connectivity index (χ1n) is 8.37. The molecule has 0 aromatic heterocycles. The molecule has 1 saturated carbocycles. The number of carbonyl (C=O) groups is 1. The predicted octanol–water partition coefficient (Wildman–Crippen LogP) is 4.62. The van der Waals surface area contributed by atoms with Crippen LogP contribution in [0.25, 0.3) is 0 Å². The van der Waals surface area contributed by atoms with Gasteiger partial charge in [-0.1, -0.05) is 52.0 Å². The quantitative estimate of drug-likeness (QED) is 0.826. The van der Waals surface area contributed by atoms with E-state index in [4.69, 9.17) is 4.74 Å². The molecule has 1 aromatic carbocycles. The number of hydrogen-bond donors (Lipinski definition) is 1. The minimum atomic E-state index is 0.0412. The molecule has 0 heterocycles. The number of carbonyl (C=O) groups excluding carboxylic acids is 1. The van der Waals surface area contributed by atoms with Gasteiger partial charge in [-0.05, 0) is 44.0 Å². The van der Waals surface area contributed by atoms with Gasteiger partial charge in [0, 0.05) is 0 Å². The summed E-state index contributed by atoms with van der Waals surface area (Å²) < 4.78 is 5.13. The average Bonchev–Trinajstić information content (AvgIpc) is 3.10. The SMILES string of the molecule is CCC1CCCC1.CCc1ccc(C(C)=O)c(OC)c1.CN. The third-order valence-corrected chi connectivity index (χ3v) is 4.11. The molecule has 0 amide bonds. The summed E-state index contributed by atoms with van der Waals surface area (Å²) in [5, 5.41) is 0. The second kappa shape index (κ2) is 12.2. The van der Waals surface area contributed by atoms with Crippen molar-refractivity contribution >= 4 is 5.78 Å². The van der Waals surface area contributed by atoms with Gasteiger partial charge in [0.15, 0.2) is 5.78 Å². The molecule has 2 rings (SSSR count). The molecule has 2 N–H and O–H groups in total. The highest BCUT2D eigenvalue weighted by atomic mass is 16.5. The fraction of sp³-hybridized carbons (Fsp3) is 0.632. The van der Waals surface area contributed by atoms with Crippen LogP contribution in [-0.2, 0) is 6.42 Å². The minimum Gasteiger partial charge on any atom is -0.496 e. The first kappa shape index (κ1) is 20.6. The summed E-state index contributed by atoms with van der Waals surface area (Å²) in [6.45, 7) is 5.92. The van der Waals surface area contributed by atoms with Crippen molar-refractivity contribution in [3.8, 4) is 5.75 Å². The van der Waals surface area contributed by atoms with Gasteiger partial charge in [0.05, 0.1) is 12.7 Å². The molecular weight excluding hydrogens is 274 g/mol. The summed E-state index contributed by atoms with van der Waals surface area (Å²) in [6.07, 6.45) is 8.39. The fourth-order valence-corrected chi connectivity index (χ4v) is 2.67. The molecule has 0 spiro atoms. The van der Waals surface area contributed by atoms with E-state index < -0.39 is 0 Å². The lowest BCUT2D eigenvalue weighted by atomic mass is 10.1. The number of nitrogens with two attached hydrogens (primary N) is 1. The number of aryl methyl sites for hydroxylation is 1. The van der Waals surface area contributed by atoms with E-state index in [0.29, 0.717) is 11.3 Å². The molecular formula is C19H33NO2. The molecule has 1 aliphatic rings. The van der Waals surface area contributed by atoms with Crippen molar-refractivity contribution in [3.05, 3.63) is 29.3 Å². The maximum atomic E-state index is 11.1. The van der Waals surface area contributed by atoms with Crippen LogP contribution in [-0.4, -0.2) is 19.9 Å². The van der Waals surface area contributed by atoms with Crippen molar-refractivity contribution in [3.63, 3.8) is 0 Å². The molecule has 0 aliphatic heterocycles. The standard InChI is InChI=1S/C11H14O2.C7H14.CH5N/c1-4-9-5-6-10(8(2)12)11(7-9)13-3;1-2-7-5-3-4-6-7;1-2/h5-7H,4H2,1-3H3;7H,2-6H2,1H3;2H2,1H3. The van der Waals surface area contributed by atoms with E-state index in [1.807, 2.05) is 18.2 Å². The van der Waals surface area contributed by atoms with Crippen LogP contribution >= 0.6 is 0 Å². The smallest absolute Gasteiger partial charge is 0.163 e. The van der Waals surface area contributed by atoms with Crippen LogP contribution in [0.1, 0.15) is 68.8 Å². The zero-order valence-corrected chi connectivity index (χ0v) is 14.9. The van der Waals surface area contributed by atoms with Gasteiger partial charge in [0.25, 0.3) is 0 Å². The lowest BCUT2D eigenvalue weighted by Gasteiger charge is -2.06. The third-order valence-electron chi connectivity index (χ3n) is 4.11. The average molecular weight is 307 g/mol. The van der Waals surface area contributed by atoms with E-state index in [1.165, 1.54) is 44.7 Å². The van der Waals surface area contributed by atoms with E-state index in [2.05, 4.69) is 19.6 Å². The molecule has 0 atom stereocenters. The number of hydrogen-bond acceptors (Lipinski definition) is 3. The van der Waals surface area contributed by atoms with Gasteiger partial charge < -0.3 is 10.5 Å². The Labute approximate surface area is 136 Å². The topological polar surface area (TPSA) is 52.3 Å². The largest absolute Gasteiger partial charge is 0.496 e. The van der Waals surface area contributed by atoms with E-state index in [9.17, 15) is 4.79 Å². The number of Topliss-reactive ketones (excluding diaryl/α,β-unsaturated/α-hetero) is 1. The third kappa shape index (κ3) is 7.08. The molecule has 0 radical (unpaired) electrons. The number of methoxy groups -OCH3 is 1. The van der Waals surface area contributed by atoms with Gasteiger partial charge in [-0.25, -0.2) is 0 Å². The highest BCUT2D eigenvalue weighted by Gasteiger charge is 2.11. The molecule has 126 valence electrons. The monoisotopic (exact) mass is 307 g/mol. The predicted molar refractivity (Wildman–Crippen MR) is 94.7 cm³/mol. The van der Waals surface area contributed by atoms with Crippen LogP contribution in [0.2, 0.25) is 0 Å². The van der Waals surface area contributed by atoms with Crippen molar-refractivity contribution in [1.82, 2.24) is 0 Å². The molecule has 3 heteroatoms. The van der Waals surface area contributed by atoms with Crippen molar-refractivity contribution in [1.29, 1.82) is 0 Å². The molecule has 0 unspecified atom stereocenters. The number of benzene rings is 1. The highest BCUT2D eigenvalue weighted by Crippen LogP contribution is 2.26. The summed E-state index contributed by atoms with van der Waals surface area (Å²) >= 11 is 0. The molecule has 0 saturated heterocycles. The lowest BCUT2D eigenvalue weighted by molar-refractivity contribution is 0.101. The molecule has 1 aromatic rings. The Bertz CT molecular complexity index is 423. The van der Waals surface area contributed by atoms with E-state index in [-0.39, 0.29) is 5.78 Å². The van der Waals surface area contributed by atoms with Crippen LogP contribution in [0.4, 0.5) is 0 Å². The summed E-state index contributed by atoms with van der Waals surface area (Å²) in [5.74, 6) is 1.81. The summed E-state index contributed by atoms with van der Waals surface area (Å²) in [5.41, 5.74) is 6.33. The van der Waals surface area contributed by atoms with Gasteiger partial charge in [0.1, 0.15) is 5.75 Å². The molecule has 1 aliphatic carbocycles. The van der Waals surface area contributed by atoms with Crippen molar-refractivity contribution < 1.29 is 9.53 Å². The highest BCUT2D eigenvalue weighted by molar-refractivity contribution is 5.96. The van der Waals surface area contributed by atoms with E-state index in [0.717, 1.165) is 12.3 Å². The van der Waals surface area contributed by atoms with Crippen molar-refractivity contribution in [2.45, 2.75) is 59.3 Å². The maximum absolute atomic E-state index is 11.1. The second-order valence-electron chi connectivity index (χ2n) is 5.50. The number of ether oxygens (including phenoxy) is 1. The van der Waals surface area contributed by atoms with Crippen LogP contribution in [0.15, 0.2) is 18.2 Å².